The molecule has 1 aliphatic rings. The minimum absolute atomic E-state index is 0.194. The Morgan fingerprint density at radius 2 is 1.67 bits per heavy atom. The summed E-state index contributed by atoms with van der Waals surface area (Å²) in [5.41, 5.74) is 1.43. The minimum Gasteiger partial charge on any atom is -0.493 e. The van der Waals surface area contributed by atoms with Crippen molar-refractivity contribution in [2.24, 2.45) is 0 Å². The van der Waals surface area contributed by atoms with E-state index in [0.717, 1.165) is 10.5 Å². The average Bonchev–Trinajstić information content (AvgIpc) is 2.82. The van der Waals surface area contributed by atoms with Crippen LogP contribution in [0, 0.1) is 5.82 Å². The predicted molar refractivity (Wildman–Crippen MR) is 119 cm³/mol. The summed E-state index contributed by atoms with van der Waals surface area (Å²) in [7, 11) is 1.46. The lowest BCUT2D eigenvalue weighted by Crippen LogP contribution is -2.54. The monoisotopic (exact) mass is 446 g/mol. The molecule has 0 atom stereocenters. The number of methoxy groups -OCH3 is 1. The van der Waals surface area contributed by atoms with Gasteiger partial charge in [-0.05, 0) is 53.6 Å². The Bertz CT molecular complexity index is 1240. The van der Waals surface area contributed by atoms with E-state index in [9.17, 15) is 18.8 Å². The molecule has 0 radical (unpaired) electrons. The summed E-state index contributed by atoms with van der Waals surface area (Å²) in [6, 6.07) is 18.3. The number of nitrogens with one attached hydrogen (secondary N) is 1. The third kappa shape index (κ3) is 4.74. The van der Waals surface area contributed by atoms with E-state index < -0.39 is 17.8 Å². The molecule has 8 heteroatoms. The van der Waals surface area contributed by atoms with Crippen molar-refractivity contribution in [3.8, 4) is 11.5 Å². The second-order valence-corrected chi connectivity index (χ2v) is 7.12. The molecule has 3 aromatic rings. The standard InChI is InChI=1S/C25H19FN2O5/c1-32-22-14-17(9-12-21(22)33-15-16-7-10-18(26)11-8-16)13-20-23(29)27-25(31)28(24(20)30)19-5-3-2-4-6-19/h2-14H,15H2,1H3,(H,27,29,31). The Balaban J connectivity index is 1.58. The lowest BCUT2D eigenvalue weighted by molar-refractivity contribution is -0.122. The molecular weight excluding hydrogens is 427 g/mol. The molecule has 0 spiro atoms. The molecule has 166 valence electrons. The third-order valence-electron chi connectivity index (χ3n) is 4.92. The van der Waals surface area contributed by atoms with Crippen molar-refractivity contribution in [2.45, 2.75) is 6.61 Å². The smallest absolute Gasteiger partial charge is 0.335 e. The zero-order valence-corrected chi connectivity index (χ0v) is 17.6. The van der Waals surface area contributed by atoms with Crippen molar-refractivity contribution >= 4 is 29.6 Å². The Morgan fingerprint density at radius 3 is 2.36 bits per heavy atom. The lowest BCUT2D eigenvalue weighted by Gasteiger charge is -2.26. The summed E-state index contributed by atoms with van der Waals surface area (Å²) in [5.74, 6) is -1.03. The highest BCUT2D eigenvalue weighted by Crippen LogP contribution is 2.30. The van der Waals surface area contributed by atoms with Crippen LogP contribution in [0.3, 0.4) is 0 Å². The van der Waals surface area contributed by atoms with Gasteiger partial charge in [-0.2, -0.15) is 0 Å². The molecule has 1 fully saturated rings. The van der Waals surface area contributed by atoms with Gasteiger partial charge in [0.15, 0.2) is 11.5 Å². The number of benzene rings is 3. The first-order valence-corrected chi connectivity index (χ1v) is 9.98. The molecular formula is C25H19FN2O5. The summed E-state index contributed by atoms with van der Waals surface area (Å²) in [6.45, 7) is 0.201. The van der Waals surface area contributed by atoms with E-state index in [-0.39, 0.29) is 18.0 Å². The molecule has 1 N–H and O–H groups in total. The Kier molecular flexibility index (Phi) is 6.17. The highest BCUT2D eigenvalue weighted by atomic mass is 19.1. The van der Waals surface area contributed by atoms with Crippen LogP contribution < -0.4 is 19.7 Å². The molecule has 4 amide bonds. The zero-order chi connectivity index (χ0) is 23.4. The number of halogens is 1. The van der Waals surface area contributed by atoms with E-state index in [1.165, 1.54) is 25.3 Å². The molecule has 33 heavy (non-hydrogen) atoms. The number of carbonyl (C=O) groups is 3. The molecule has 0 saturated carbocycles. The highest BCUT2D eigenvalue weighted by Gasteiger charge is 2.36. The van der Waals surface area contributed by atoms with Gasteiger partial charge in [0.25, 0.3) is 11.8 Å². The van der Waals surface area contributed by atoms with Crippen molar-refractivity contribution in [2.75, 3.05) is 12.0 Å². The van der Waals surface area contributed by atoms with Crippen LogP contribution in [0.15, 0.2) is 78.4 Å². The normalized spacial score (nSPS) is 14.9. The van der Waals surface area contributed by atoms with Gasteiger partial charge < -0.3 is 9.47 Å². The summed E-state index contributed by atoms with van der Waals surface area (Å²) in [4.78, 5) is 38.5. The van der Waals surface area contributed by atoms with Gasteiger partial charge in [-0.1, -0.05) is 36.4 Å². The van der Waals surface area contributed by atoms with E-state index in [1.54, 1.807) is 60.7 Å². The maximum absolute atomic E-state index is 13.1. The Hall–Kier alpha value is -4.46. The number of anilines is 1. The first-order valence-electron chi connectivity index (χ1n) is 9.98. The van der Waals surface area contributed by atoms with Crippen LogP contribution in [0.5, 0.6) is 11.5 Å². The maximum atomic E-state index is 13.1. The molecule has 1 aliphatic heterocycles. The van der Waals surface area contributed by atoms with Crippen LogP contribution in [0.4, 0.5) is 14.9 Å². The van der Waals surface area contributed by atoms with E-state index in [2.05, 4.69) is 5.32 Å². The quantitative estimate of drug-likeness (QED) is 0.456. The lowest BCUT2D eigenvalue weighted by atomic mass is 10.1. The minimum atomic E-state index is -0.810. The summed E-state index contributed by atoms with van der Waals surface area (Å²) in [6.07, 6.45) is 1.38. The van der Waals surface area contributed by atoms with Crippen LogP contribution in [-0.2, 0) is 16.2 Å². The van der Waals surface area contributed by atoms with Crippen molar-refractivity contribution in [1.82, 2.24) is 5.32 Å². The summed E-state index contributed by atoms with van der Waals surface area (Å²) >= 11 is 0. The van der Waals surface area contributed by atoms with Gasteiger partial charge >= 0.3 is 6.03 Å². The van der Waals surface area contributed by atoms with Crippen molar-refractivity contribution in [3.63, 3.8) is 0 Å². The van der Waals surface area contributed by atoms with Gasteiger partial charge in [-0.15, -0.1) is 0 Å². The van der Waals surface area contributed by atoms with Gasteiger partial charge in [-0.3, -0.25) is 14.9 Å². The molecule has 0 bridgehead atoms. The second-order valence-electron chi connectivity index (χ2n) is 7.12. The first kappa shape index (κ1) is 21.8. The van der Waals surface area contributed by atoms with E-state index in [0.29, 0.717) is 22.7 Å². The number of urea groups is 1. The van der Waals surface area contributed by atoms with Crippen molar-refractivity contribution in [1.29, 1.82) is 0 Å². The molecule has 4 rings (SSSR count). The molecule has 3 aromatic carbocycles. The summed E-state index contributed by atoms with van der Waals surface area (Å²) in [5, 5.41) is 2.19. The van der Waals surface area contributed by atoms with Crippen LogP contribution >= 0.6 is 0 Å². The number of para-hydroxylation sites is 1. The van der Waals surface area contributed by atoms with Crippen LogP contribution in [0.25, 0.3) is 6.08 Å². The summed E-state index contributed by atoms with van der Waals surface area (Å²) < 4.78 is 24.2. The number of imide groups is 2. The second kappa shape index (κ2) is 9.35. The fraction of sp³-hybridized carbons (Fsp3) is 0.0800. The number of ether oxygens (including phenoxy) is 2. The molecule has 1 saturated heterocycles. The molecule has 0 aliphatic carbocycles. The fourth-order valence-corrected chi connectivity index (χ4v) is 3.27. The Morgan fingerprint density at radius 1 is 0.939 bits per heavy atom. The van der Waals surface area contributed by atoms with Crippen molar-refractivity contribution < 1.29 is 28.2 Å². The van der Waals surface area contributed by atoms with E-state index in [1.807, 2.05) is 0 Å². The topological polar surface area (TPSA) is 84.9 Å². The SMILES string of the molecule is COc1cc(C=C2C(=O)NC(=O)N(c3ccccc3)C2=O)ccc1OCc1ccc(F)cc1. The van der Waals surface area contributed by atoms with E-state index in [4.69, 9.17) is 9.47 Å². The molecule has 1 heterocycles. The number of rotatable bonds is 6. The number of nitrogens with zero attached hydrogens (tertiary/aromatic N) is 1. The van der Waals surface area contributed by atoms with Crippen LogP contribution in [0.1, 0.15) is 11.1 Å². The largest absolute Gasteiger partial charge is 0.493 e. The van der Waals surface area contributed by atoms with Crippen LogP contribution in [-0.4, -0.2) is 25.0 Å². The third-order valence-corrected chi connectivity index (χ3v) is 4.92. The number of hydrogen-bond donors (Lipinski definition) is 1. The predicted octanol–water partition coefficient (Wildman–Crippen LogP) is 4.08. The van der Waals surface area contributed by atoms with Gasteiger partial charge in [-0.25, -0.2) is 14.1 Å². The first-order chi connectivity index (χ1) is 16.0. The highest BCUT2D eigenvalue weighted by molar-refractivity contribution is 6.39. The zero-order valence-electron chi connectivity index (χ0n) is 17.6. The number of hydrogen-bond acceptors (Lipinski definition) is 5. The number of amides is 4. The van der Waals surface area contributed by atoms with E-state index >= 15 is 0 Å². The maximum Gasteiger partial charge on any atom is 0.335 e. The molecule has 0 aromatic heterocycles. The van der Waals surface area contributed by atoms with Gasteiger partial charge in [0.1, 0.15) is 18.0 Å². The van der Waals surface area contributed by atoms with Crippen LogP contribution in [0.2, 0.25) is 0 Å². The fourth-order valence-electron chi connectivity index (χ4n) is 3.27. The van der Waals surface area contributed by atoms with Gasteiger partial charge in [0, 0.05) is 0 Å². The van der Waals surface area contributed by atoms with Gasteiger partial charge in [0.2, 0.25) is 0 Å². The average molecular weight is 446 g/mol. The van der Waals surface area contributed by atoms with Gasteiger partial charge in [0.05, 0.1) is 12.8 Å². The molecule has 7 nitrogen and oxygen atoms in total. The molecule has 0 unspecified atom stereocenters. The Labute approximate surface area is 189 Å². The van der Waals surface area contributed by atoms with Crippen molar-refractivity contribution in [3.05, 3.63) is 95.3 Å². The number of barbiturate groups is 1. The number of carbonyl (C=O) groups excluding carboxylic acids is 3.